The number of nitrogens with one attached hydrogen (secondary N) is 2. The SMILES string of the molecule is OC1(c2c(F)c(F)c(F)c(F)c2F)C2=N/C(=C(/c3c(F)c(F)c(F)c(F)c3F)C3=NC(=C(c4c(F)c(F)c(F)c(F)c4F)c4[nH]c(c(F)c4F)C(O)(c4c(F)c(F)c(F)c(F)c4F)c4[nH]c(c(F)c4F)C(c4c(F)c(F)c(F)c(F)c4F)=C4N=C(C(F)=C4F)/C(c4c(F)c(F)c(F)c(F)c4F)=C4\N=C1C(F)=C4F)C(F)=C3F)C(F)=C2F. The lowest BCUT2D eigenvalue weighted by molar-refractivity contribution is 0.0956. The lowest BCUT2D eigenvalue weighted by Gasteiger charge is -2.29. The number of H-pyrrole nitrogens is 2. The summed E-state index contributed by atoms with van der Waals surface area (Å²) in [6, 6.07) is 0. The first kappa shape index (κ1) is 81.5. The van der Waals surface area contributed by atoms with E-state index in [2.05, 4.69) is 20.0 Å². The van der Waals surface area contributed by atoms with Crippen LogP contribution in [0.3, 0.4) is 0 Å². The number of halogens is 42. The van der Waals surface area contributed by atoms with Crippen LogP contribution in [0.2, 0.25) is 0 Å². The molecule has 0 fully saturated rings. The van der Waals surface area contributed by atoms with Crippen molar-refractivity contribution in [3.05, 3.63) is 323 Å². The number of aromatic amines is 2. The minimum atomic E-state index is -6.33. The van der Waals surface area contributed by atoms with E-state index in [-0.39, 0.29) is 0 Å². The molecule has 5 aliphatic heterocycles. The van der Waals surface area contributed by atoms with Crippen molar-refractivity contribution < 1.29 is 195 Å². The molecule has 0 saturated carbocycles. The van der Waals surface area contributed by atoms with Gasteiger partial charge in [-0.15, -0.1) is 0 Å². The van der Waals surface area contributed by atoms with Gasteiger partial charge in [0.25, 0.3) is 0 Å². The minimum Gasteiger partial charge on any atom is -0.373 e. The van der Waals surface area contributed by atoms with Gasteiger partial charge in [0.15, 0.2) is 221 Å². The van der Waals surface area contributed by atoms with Gasteiger partial charge in [-0.1, -0.05) is 0 Å². The zero-order valence-electron chi connectivity index (χ0n) is 52.6. The quantitative estimate of drug-likeness (QED) is 0.0753. The van der Waals surface area contributed by atoms with Crippen LogP contribution < -0.4 is 0 Å². The maximum Gasteiger partial charge on any atom is 0.200 e. The molecule has 12 bridgehead atoms. The molecule has 0 unspecified atom stereocenters. The Balaban J connectivity index is 1.37. The molecule has 6 aromatic carbocycles. The molecule has 50 heteroatoms. The number of benzene rings is 6. The van der Waals surface area contributed by atoms with Crippen LogP contribution in [-0.2, 0) is 11.2 Å². The molecule has 0 saturated heterocycles. The molecule has 0 spiro atoms. The molecule has 8 nitrogen and oxygen atoms in total. The fourth-order valence-electron chi connectivity index (χ4n) is 12.2. The number of fused-ring (bicyclic) bond motifs is 8. The summed E-state index contributed by atoms with van der Waals surface area (Å²) in [7, 11) is 0. The highest BCUT2D eigenvalue weighted by atomic mass is 19.2. The van der Waals surface area contributed by atoms with Crippen molar-refractivity contribution in [2.75, 3.05) is 0 Å². The third kappa shape index (κ3) is 10.6. The zero-order valence-corrected chi connectivity index (χ0v) is 52.6. The maximum atomic E-state index is 17.6. The van der Waals surface area contributed by atoms with E-state index in [1.54, 1.807) is 0 Å². The van der Waals surface area contributed by atoms with Crippen molar-refractivity contribution >= 4 is 45.1 Å². The van der Waals surface area contributed by atoms with Gasteiger partial charge < -0.3 is 20.2 Å². The molecule has 5 aliphatic rings. The molecule has 0 radical (unpaired) electrons. The van der Waals surface area contributed by atoms with Crippen molar-refractivity contribution in [1.29, 1.82) is 0 Å². The molecule has 0 atom stereocenters. The van der Waals surface area contributed by atoms with E-state index in [1.165, 1.54) is 0 Å². The standard InChI is InChI=1S/C66H4F42N6O2/c67-11-1(12(68)24(80)35(91)23(11)79)5-53-41(97)42(98)54(109-53)6(2-13(69)25(81)36(92)26(82)14(2)70)58-46(102)51(107)63(112-58)66(116,10-21(77)33(89)40(96)34(90)22(10)78)64-52(108)48(104)60(114-64)8(4-17(73)29(85)38(94)30(86)18(4)74)56-44(100)43(99)55(110-56)7(3-15(71)27(83)37(93)28(84)16(3)72)59-47(103)50(106)62(113-59)65(115,61-49(105)45(101)57(5)111-61)9-19(75)31(87)39(95)32(88)20(9)76/h111,113,115-116H/b53-5?,55-7?,58-6-,60-8-. The van der Waals surface area contributed by atoms with Crippen molar-refractivity contribution in [2.24, 2.45) is 20.0 Å². The zero-order chi connectivity index (χ0) is 86.2. The molecule has 116 heavy (non-hydrogen) atoms. The summed E-state index contributed by atoms with van der Waals surface area (Å²) in [5.41, 5.74) is -89.2. The number of aliphatic hydroxyl groups is 2. The predicted octanol–water partition coefficient (Wildman–Crippen LogP) is 20.0. The number of rotatable bonds is 6. The second-order valence-corrected chi connectivity index (χ2v) is 23.3. The maximum absolute atomic E-state index is 17.6. The van der Waals surface area contributed by atoms with Crippen LogP contribution in [0.15, 0.2) is 89.4 Å². The third-order valence-electron chi connectivity index (χ3n) is 17.4. The van der Waals surface area contributed by atoms with E-state index in [0.29, 0.717) is 9.97 Å². The minimum absolute atomic E-state index is 0.567. The monoisotopic (exact) mass is 1710 g/mol. The van der Waals surface area contributed by atoms with E-state index in [1.807, 2.05) is 0 Å². The summed E-state index contributed by atoms with van der Waals surface area (Å²) in [5, 5.41) is 25.3. The topological polar surface area (TPSA) is 121 Å². The van der Waals surface area contributed by atoms with E-state index in [9.17, 15) is 36.6 Å². The molecule has 0 amide bonds. The highest BCUT2D eigenvalue weighted by Crippen LogP contribution is 2.55. The Hall–Kier alpha value is -12.5. The second kappa shape index (κ2) is 27.1. The number of allylic oxidation sites excluding steroid dienone is 8. The summed E-state index contributed by atoms with van der Waals surface area (Å²) in [6.07, 6.45) is 0. The summed E-state index contributed by atoms with van der Waals surface area (Å²) >= 11 is 0. The van der Waals surface area contributed by atoms with Gasteiger partial charge in [0, 0.05) is 22.3 Å². The van der Waals surface area contributed by atoms with Gasteiger partial charge in [0.05, 0.1) is 56.2 Å². The van der Waals surface area contributed by atoms with E-state index in [0.717, 1.165) is 0 Å². The number of hydrogen-bond donors (Lipinski definition) is 4. The number of aromatic nitrogens is 2. The Bertz CT molecular complexity index is 6010. The first-order chi connectivity index (χ1) is 53.9. The smallest absolute Gasteiger partial charge is 0.200 e. The number of hydrogen-bond acceptors (Lipinski definition) is 6. The summed E-state index contributed by atoms with van der Waals surface area (Å²) in [6.45, 7) is 0. The van der Waals surface area contributed by atoms with E-state index < -0.39 is 380 Å². The van der Waals surface area contributed by atoms with Gasteiger partial charge in [0.2, 0.25) is 34.9 Å². The van der Waals surface area contributed by atoms with Crippen LogP contribution in [0.5, 0.6) is 0 Å². The molecule has 8 aromatic rings. The van der Waals surface area contributed by atoms with Gasteiger partial charge in [-0.3, -0.25) is 0 Å². The molecule has 13 rings (SSSR count). The molecule has 7 heterocycles. The van der Waals surface area contributed by atoms with Crippen LogP contribution in [0.1, 0.15) is 56.2 Å². The second-order valence-electron chi connectivity index (χ2n) is 23.3. The fourth-order valence-corrected chi connectivity index (χ4v) is 12.2. The molecule has 604 valence electrons. The predicted molar refractivity (Wildman–Crippen MR) is 297 cm³/mol. The van der Waals surface area contributed by atoms with Crippen molar-refractivity contribution in [2.45, 2.75) is 11.2 Å². The molecular formula is C66H4F42N6O2. The van der Waals surface area contributed by atoms with Crippen LogP contribution in [0, 0.1) is 198 Å². The highest BCUT2D eigenvalue weighted by molar-refractivity contribution is 6.37. The number of aliphatic imine (C=N–C) groups is 4. The Morgan fingerprint density at radius 2 is 0.371 bits per heavy atom. The van der Waals surface area contributed by atoms with Crippen LogP contribution >= 0.6 is 0 Å². The van der Waals surface area contributed by atoms with Crippen molar-refractivity contribution in [3.63, 3.8) is 0 Å². The van der Waals surface area contributed by atoms with Gasteiger partial charge in [-0.2, -0.15) is 0 Å². The Morgan fingerprint density at radius 1 is 0.181 bits per heavy atom. The lowest BCUT2D eigenvalue weighted by atomic mass is 9.82. The van der Waals surface area contributed by atoms with Crippen LogP contribution in [0.25, 0.3) is 22.3 Å². The highest BCUT2D eigenvalue weighted by Gasteiger charge is 2.58. The van der Waals surface area contributed by atoms with E-state index in [4.69, 9.17) is 0 Å². The summed E-state index contributed by atoms with van der Waals surface area (Å²) < 4.78 is 685. The first-order valence-electron chi connectivity index (χ1n) is 29.2. The lowest BCUT2D eigenvalue weighted by Crippen LogP contribution is -2.46. The largest absolute Gasteiger partial charge is 0.373 e. The molecular weight excluding hydrogens is 1710 g/mol. The van der Waals surface area contributed by atoms with Crippen LogP contribution in [-0.4, -0.2) is 43.0 Å². The average Bonchev–Trinajstić information content (AvgIpc) is 1.53. The van der Waals surface area contributed by atoms with Gasteiger partial charge in [-0.05, 0) is 0 Å². The van der Waals surface area contributed by atoms with Crippen molar-refractivity contribution in [1.82, 2.24) is 9.97 Å². The molecule has 2 aromatic heterocycles. The molecule has 4 N–H and O–H groups in total. The third-order valence-corrected chi connectivity index (χ3v) is 17.4. The Kier molecular flexibility index (Phi) is 19.0. The average molecular weight is 1710 g/mol. The van der Waals surface area contributed by atoms with Gasteiger partial charge in [0.1, 0.15) is 45.6 Å². The van der Waals surface area contributed by atoms with E-state index >= 15 is 158 Å². The summed E-state index contributed by atoms with van der Waals surface area (Å²) in [5.74, 6) is -159. The normalized spacial score (nSPS) is 19.4. The number of nitrogens with zero attached hydrogens (tertiary/aromatic N) is 4. The molecule has 0 aliphatic carbocycles. The Morgan fingerprint density at radius 3 is 0.612 bits per heavy atom. The fraction of sp³-hybridized carbons (Fsp3) is 0.0303. The van der Waals surface area contributed by atoms with Gasteiger partial charge >= 0.3 is 0 Å². The summed E-state index contributed by atoms with van der Waals surface area (Å²) in [4.78, 5) is 11.3. The van der Waals surface area contributed by atoms with Crippen LogP contribution in [0.4, 0.5) is 184 Å². The van der Waals surface area contributed by atoms with Gasteiger partial charge in [-0.25, -0.2) is 204 Å². The Labute approximate surface area is 603 Å². The first-order valence-corrected chi connectivity index (χ1v) is 29.2. The van der Waals surface area contributed by atoms with Crippen molar-refractivity contribution in [3.8, 4) is 0 Å².